The van der Waals surface area contributed by atoms with E-state index in [4.69, 9.17) is 27.9 Å². The number of alkyl halides is 1. The maximum Gasteiger partial charge on any atom is 0.165 e. The molecule has 0 aliphatic carbocycles. The molecule has 0 aromatic heterocycles. The maximum atomic E-state index is 13.7. The summed E-state index contributed by atoms with van der Waals surface area (Å²) in [6.45, 7) is 0. The second-order valence-electron chi connectivity index (χ2n) is 3.89. The fourth-order valence-electron chi connectivity index (χ4n) is 1.76. The summed E-state index contributed by atoms with van der Waals surface area (Å²) in [5, 5.41) is -0.662. The van der Waals surface area contributed by atoms with Gasteiger partial charge < -0.3 is 4.74 Å². The van der Waals surface area contributed by atoms with Crippen LogP contribution in [0.25, 0.3) is 0 Å². The summed E-state index contributed by atoms with van der Waals surface area (Å²) in [5.41, 5.74) is 0.544. The molecule has 1 nitrogen and oxygen atoms in total. The van der Waals surface area contributed by atoms with Crippen molar-refractivity contribution in [3.8, 4) is 5.75 Å². The first-order valence-electron chi connectivity index (χ1n) is 5.46. The van der Waals surface area contributed by atoms with E-state index in [-0.39, 0.29) is 16.3 Å². The molecule has 2 aromatic rings. The van der Waals surface area contributed by atoms with E-state index in [1.165, 1.54) is 37.4 Å². The van der Waals surface area contributed by atoms with Gasteiger partial charge in [0.2, 0.25) is 0 Å². The van der Waals surface area contributed by atoms with Crippen LogP contribution in [-0.2, 0) is 0 Å². The van der Waals surface area contributed by atoms with Crippen molar-refractivity contribution in [3.63, 3.8) is 0 Å². The third-order valence-electron chi connectivity index (χ3n) is 2.72. The monoisotopic (exact) mass is 302 g/mol. The largest absolute Gasteiger partial charge is 0.494 e. The van der Waals surface area contributed by atoms with Gasteiger partial charge >= 0.3 is 0 Å². The normalized spacial score (nSPS) is 12.3. The second-order valence-corrected chi connectivity index (χ2v) is 4.74. The third-order valence-corrected chi connectivity index (χ3v) is 3.52. The molecule has 0 spiro atoms. The fourth-order valence-corrected chi connectivity index (χ4v) is 2.45. The maximum absolute atomic E-state index is 13.7. The van der Waals surface area contributed by atoms with Crippen molar-refractivity contribution in [1.29, 1.82) is 0 Å². The Morgan fingerprint density at radius 2 is 1.84 bits per heavy atom. The molecular formula is C14H10Cl2F2O. The van der Waals surface area contributed by atoms with Crippen molar-refractivity contribution < 1.29 is 13.5 Å². The lowest BCUT2D eigenvalue weighted by Gasteiger charge is -2.14. The summed E-state index contributed by atoms with van der Waals surface area (Å²) in [7, 11) is 1.37. The molecule has 100 valence electrons. The highest BCUT2D eigenvalue weighted by Gasteiger charge is 2.19. The standard InChI is InChI=1S/C14H10Cl2F2O/c1-19-12-6-5-8(7-11(12)18)14(16)13-9(15)3-2-4-10(13)17/h2-7,14H,1H3. The van der Waals surface area contributed by atoms with Crippen LogP contribution in [0.15, 0.2) is 36.4 Å². The number of hydrogen-bond acceptors (Lipinski definition) is 1. The minimum absolute atomic E-state index is 0.104. The molecule has 0 bridgehead atoms. The lowest BCUT2D eigenvalue weighted by atomic mass is 10.0. The van der Waals surface area contributed by atoms with Crippen LogP contribution in [0.1, 0.15) is 16.5 Å². The Labute approximate surface area is 119 Å². The van der Waals surface area contributed by atoms with Crippen LogP contribution < -0.4 is 4.74 Å². The molecule has 5 heteroatoms. The summed E-state index contributed by atoms with van der Waals surface area (Å²) in [5.74, 6) is -0.978. The van der Waals surface area contributed by atoms with E-state index in [2.05, 4.69) is 0 Å². The molecule has 2 aromatic carbocycles. The SMILES string of the molecule is COc1ccc(C(Cl)c2c(F)cccc2Cl)cc1F. The zero-order chi connectivity index (χ0) is 14.0. The van der Waals surface area contributed by atoms with E-state index >= 15 is 0 Å². The van der Waals surface area contributed by atoms with Crippen molar-refractivity contribution in [1.82, 2.24) is 0 Å². The highest BCUT2D eigenvalue weighted by atomic mass is 35.5. The Morgan fingerprint density at radius 1 is 1.11 bits per heavy atom. The molecule has 0 aliphatic heterocycles. The van der Waals surface area contributed by atoms with Gasteiger partial charge in [0.15, 0.2) is 11.6 Å². The fraction of sp³-hybridized carbons (Fsp3) is 0.143. The van der Waals surface area contributed by atoms with Gasteiger partial charge in [0.05, 0.1) is 12.5 Å². The van der Waals surface area contributed by atoms with Crippen LogP contribution >= 0.6 is 23.2 Å². The van der Waals surface area contributed by atoms with Crippen LogP contribution in [0.2, 0.25) is 5.02 Å². The van der Waals surface area contributed by atoms with Gasteiger partial charge in [-0.05, 0) is 29.8 Å². The molecular weight excluding hydrogens is 293 g/mol. The predicted octanol–water partition coefficient (Wildman–Crippen LogP) is 4.96. The van der Waals surface area contributed by atoms with Crippen LogP contribution in [0.4, 0.5) is 8.78 Å². The van der Waals surface area contributed by atoms with Gasteiger partial charge in [-0.1, -0.05) is 23.7 Å². The molecule has 0 heterocycles. The summed E-state index contributed by atoms with van der Waals surface area (Å²) >= 11 is 12.1. The second kappa shape index (κ2) is 5.76. The zero-order valence-corrected chi connectivity index (χ0v) is 11.5. The van der Waals surface area contributed by atoms with Crippen molar-refractivity contribution in [2.24, 2.45) is 0 Å². The molecule has 0 amide bonds. The number of methoxy groups -OCH3 is 1. The first kappa shape index (κ1) is 14.1. The number of hydrogen-bond donors (Lipinski definition) is 0. The molecule has 0 N–H and O–H groups in total. The third kappa shape index (κ3) is 2.82. The molecule has 0 saturated heterocycles. The first-order chi connectivity index (χ1) is 9.04. The van der Waals surface area contributed by atoms with E-state index in [0.29, 0.717) is 5.56 Å². The Kier molecular flexibility index (Phi) is 4.27. The van der Waals surface area contributed by atoms with Crippen LogP contribution in [0.3, 0.4) is 0 Å². The van der Waals surface area contributed by atoms with E-state index in [1.54, 1.807) is 6.07 Å². The Morgan fingerprint density at radius 3 is 2.42 bits per heavy atom. The lowest BCUT2D eigenvalue weighted by Crippen LogP contribution is -1.99. The van der Waals surface area contributed by atoms with E-state index in [1.807, 2.05) is 0 Å². The van der Waals surface area contributed by atoms with Crippen molar-refractivity contribution in [3.05, 3.63) is 64.2 Å². The van der Waals surface area contributed by atoms with Gasteiger partial charge in [-0.2, -0.15) is 0 Å². The highest BCUT2D eigenvalue weighted by Crippen LogP contribution is 2.36. The number of benzene rings is 2. The molecule has 0 saturated carbocycles. The summed E-state index contributed by atoms with van der Waals surface area (Å²) < 4.78 is 32.2. The molecule has 2 rings (SSSR count). The number of halogens is 4. The quantitative estimate of drug-likeness (QED) is 0.729. The van der Waals surface area contributed by atoms with E-state index < -0.39 is 17.0 Å². The zero-order valence-electron chi connectivity index (χ0n) is 9.96. The topological polar surface area (TPSA) is 9.23 Å². The smallest absolute Gasteiger partial charge is 0.165 e. The van der Waals surface area contributed by atoms with Crippen LogP contribution in [0.5, 0.6) is 5.75 Å². The average Bonchev–Trinajstić information content (AvgIpc) is 2.38. The summed E-state index contributed by atoms with van der Waals surface area (Å²) in [6.07, 6.45) is 0. The van der Waals surface area contributed by atoms with Crippen LogP contribution in [-0.4, -0.2) is 7.11 Å². The predicted molar refractivity (Wildman–Crippen MR) is 72.1 cm³/mol. The molecule has 0 fully saturated rings. The minimum atomic E-state index is -0.867. The minimum Gasteiger partial charge on any atom is -0.494 e. The van der Waals surface area contributed by atoms with Gasteiger partial charge in [0.25, 0.3) is 0 Å². The van der Waals surface area contributed by atoms with E-state index in [9.17, 15) is 8.78 Å². The summed E-state index contributed by atoms with van der Waals surface area (Å²) in [6, 6.07) is 8.50. The van der Waals surface area contributed by atoms with Crippen LogP contribution in [0, 0.1) is 11.6 Å². The molecule has 1 unspecified atom stereocenters. The molecule has 1 atom stereocenters. The number of rotatable bonds is 3. The van der Waals surface area contributed by atoms with Gasteiger partial charge in [-0.25, -0.2) is 8.78 Å². The summed E-state index contributed by atoms with van der Waals surface area (Å²) in [4.78, 5) is 0. The van der Waals surface area contributed by atoms with Gasteiger partial charge in [-0.3, -0.25) is 0 Å². The van der Waals surface area contributed by atoms with Crippen molar-refractivity contribution in [2.75, 3.05) is 7.11 Å². The van der Waals surface area contributed by atoms with Gasteiger partial charge in [0, 0.05) is 10.6 Å². The Hall–Kier alpha value is -1.32. The Balaban J connectivity index is 2.44. The van der Waals surface area contributed by atoms with Crippen molar-refractivity contribution in [2.45, 2.75) is 5.38 Å². The average molecular weight is 303 g/mol. The van der Waals surface area contributed by atoms with Gasteiger partial charge in [0.1, 0.15) is 5.82 Å². The number of ether oxygens (including phenoxy) is 1. The first-order valence-corrected chi connectivity index (χ1v) is 6.27. The van der Waals surface area contributed by atoms with Crippen molar-refractivity contribution >= 4 is 23.2 Å². The highest BCUT2D eigenvalue weighted by molar-refractivity contribution is 6.33. The molecule has 0 aliphatic rings. The molecule has 19 heavy (non-hydrogen) atoms. The molecule has 0 radical (unpaired) electrons. The van der Waals surface area contributed by atoms with Gasteiger partial charge in [-0.15, -0.1) is 11.6 Å². The Bertz CT molecular complexity index is 582. The lowest BCUT2D eigenvalue weighted by molar-refractivity contribution is 0.386. The van der Waals surface area contributed by atoms with E-state index in [0.717, 1.165) is 0 Å².